The zero-order chi connectivity index (χ0) is 21.8. The molecular weight excluding hydrogens is 408 g/mol. The van der Waals surface area contributed by atoms with Crippen LogP contribution in [-0.4, -0.2) is 23.5 Å². The summed E-state index contributed by atoms with van der Waals surface area (Å²) >= 11 is 1.73. The molecule has 4 aromatic rings. The number of amides is 2. The van der Waals surface area contributed by atoms with Gasteiger partial charge in [0.25, 0.3) is 5.91 Å². The molecule has 0 aliphatic carbocycles. The van der Waals surface area contributed by atoms with E-state index in [1.807, 2.05) is 42.5 Å². The highest BCUT2D eigenvalue weighted by atomic mass is 32.1. The molecule has 0 aliphatic heterocycles. The minimum atomic E-state index is -0.579. The fourth-order valence-corrected chi connectivity index (χ4v) is 4.80. The molecule has 0 atom stereocenters. The van der Waals surface area contributed by atoms with Crippen molar-refractivity contribution in [3.05, 3.63) is 94.4 Å². The van der Waals surface area contributed by atoms with E-state index in [1.54, 1.807) is 17.4 Å². The Bertz CT molecular complexity index is 1260. The van der Waals surface area contributed by atoms with Crippen LogP contribution < -0.4 is 11.1 Å². The molecule has 6 heteroatoms. The van der Waals surface area contributed by atoms with Crippen molar-refractivity contribution in [3.8, 4) is 11.1 Å². The summed E-state index contributed by atoms with van der Waals surface area (Å²) in [6.07, 6.45) is 0.794. The van der Waals surface area contributed by atoms with Crippen LogP contribution in [0, 0.1) is 0 Å². The van der Waals surface area contributed by atoms with Gasteiger partial charge in [-0.25, -0.2) is 0 Å². The number of carbonyl (C=O) groups is 2. The molecule has 0 spiro atoms. The van der Waals surface area contributed by atoms with Gasteiger partial charge in [0.05, 0.1) is 13.2 Å². The van der Waals surface area contributed by atoms with Crippen molar-refractivity contribution in [3.63, 3.8) is 0 Å². The lowest BCUT2D eigenvalue weighted by atomic mass is 10.0. The molecule has 0 saturated heterocycles. The van der Waals surface area contributed by atoms with Gasteiger partial charge in [0.2, 0.25) is 5.91 Å². The van der Waals surface area contributed by atoms with Gasteiger partial charge in [0.15, 0.2) is 0 Å². The van der Waals surface area contributed by atoms with Crippen LogP contribution in [0.5, 0.6) is 0 Å². The Morgan fingerprint density at radius 3 is 2.52 bits per heavy atom. The van der Waals surface area contributed by atoms with Gasteiger partial charge >= 0.3 is 0 Å². The first-order valence-corrected chi connectivity index (χ1v) is 10.7. The smallest absolute Gasteiger partial charge is 0.251 e. The monoisotopic (exact) mass is 430 g/mol. The van der Waals surface area contributed by atoms with E-state index in [1.165, 1.54) is 4.88 Å². The van der Waals surface area contributed by atoms with E-state index < -0.39 is 5.91 Å². The Hall–Kier alpha value is -3.48. The second-order valence-corrected chi connectivity index (χ2v) is 8.46. The van der Waals surface area contributed by atoms with Crippen LogP contribution in [0.15, 0.2) is 72.8 Å². The number of aliphatic hydroxyl groups excluding tert-OH is 1. The average Bonchev–Trinajstić information content (AvgIpc) is 3.20. The van der Waals surface area contributed by atoms with E-state index in [9.17, 15) is 14.7 Å². The maximum absolute atomic E-state index is 12.3. The summed E-state index contributed by atoms with van der Waals surface area (Å²) in [6, 6.07) is 23.7. The minimum absolute atomic E-state index is 0.0355. The van der Waals surface area contributed by atoms with Crippen LogP contribution in [0.2, 0.25) is 0 Å². The highest BCUT2D eigenvalue weighted by Crippen LogP contribution is 2.36. The highest BCUT2D eigenvalue weighted by molar-refractivity contribution is 7.19. The van der Waals surface area contributed by atoms with Crippen LogP contribution in [0.4, 0.5) is 0 Å². The Morgan fingerprint density at radius 1 is 0.935 bits per heavy atom. The van der Waals surface area contributed by atoms with Gasteiger partial charge in [-0.15, -0.1) is 11.3 Å². The number of carbonyl (C=O) groups excluding carboxylic acids is 2. The van der Waals surface area contributed by atoms with Gasteiger partial charge in [-0.05, 0) is 45.8 Å². The second kappa shape index (κ2) is 9.12. The van der Waals surface area contributed by atoms with Gasteiger partial charge in [-0.2, -0.15) is 0 Å². The van der Waals surface area contributed by atoms with E-state index in [0.717, 1.165) is 38.8 Å². The molecule has 0 saturated carbocycles. The summed E-state index contributed by atoms with van der Waals surface area (Å²) in [4.78, 5) is 24.5. The summed E-state index contributed by atoms with van der Waals surface area (Å²) in [5.41, 5.74) is 9.65. The molecule has 2 amide bonds. The molecule has 0 fully saturated rings. The van der Waals surface area contributed by atoms with Crippen molar-refractivity contribution < 1.29 is 14.7 Å². The van der Waals surface area contributed by atoms with Gasteiger partial charge in [-0.3, -0.25) is 9.59 Å². The molecule has 0 bridgehead atoms. The molecule has 0 unspecified atom stereocenters. The predicted molar refractivity (Wildman–Crippen MR) is 124 cm³/mol. The van der Waals surface area contributed by atoms with Crippen molar-refractivity contribution in [2.45, 2.75) is 13.0 Å². The maximum atomic E-state index is 12.3. The molecule has 5 nitrogen and oxygen atoms in total. The molecule has 0 radical (unpaired) electrons. The normalized spacial score (nSPS) is 10.9. The summed E-state index contributed by atoms with van der Waals surface area (Å²) in [6.45, 7) is -0.155. The molecular formula is C25H22N2O3S. The number of hydrogen-bond donors (Lipinski definition) is 3. The van der Waals surface area contributed by atoms with E-state index in [4.69, 9.17) is 5.73 Å². The zero-order valence-electron chi connectivity index (χ0n) is 16.8. The first kappa shape index (κ1) is 20.8. The van der Waals surface area contributed by atoms with Gasteiger partial charge in [0.1, 0.15) is 0 Å². The molecule has 31 heavy (non-hydrogen) atoms. The summed E-state index contributed by atoms with van der Waals surface area (Å²) < 4.78 is 1.16. The number of hydrogen-bond acceptors (Lipinski definition) is 4. The van der Waals surface area contributed by atoms with Crippen molar-refractivity contribution in [2.75, 3.05) is 6.54 Å². The third-order valence-electron chi connectivity index (χ3n) is 5.01. The summed E-state index contributed by atoms with van der Waals surface area (Å²) in [5, 5.41) is 13.1. The number of fused-ring (bicyclic) bond motifs is 1. The van der Waals surface area contributed by atoms with Crippen molar-refractivity contribution in [1.82, 2.24) is 5.32 Å². The van der Waals surface area contributed by atoms with Gasteiger partial charge in [-0.1, -0.05) is 54.6 Å². The average molecular weight is 431 g/mol. The number of benzene rings is 3. The SMILES string of the molecule is NC(=O)CNC(=O)c1cccc(-c2cccc3cc(Cc4cccc(CO)c4)sc23)c1. The van der Waals surface area contributed by atoms with Crippen molar-refractivity contribution in [2.24, 2.45) is 5.73 Å². The molecule has 156 valence electrons. The van der Waals surface area contributed by atoms with Crippen LogP contribution in [0.1, 0.15) is 26.4 Å². The lowest BCUT2D eigenvalue weighted by molar-refractivity contribution is -0.117. The molecule has 0 aliphatic rings. The van der Waals surface area contributed by atoms with E-state index in [0.29, 0.717) is 5.56 Å². The molecule has 1 heterocycles. The lowest BCUT2D eigenvalue weighted by Crippen LogP contribution is -2.33. The predicted octanol–water partition coefficient (Wildman–Crippen LogP) is 3.87. The Balaban J connectivity index is 1.65. The van der Waals surface area contributed by atoms with Crippen LogP contribution in [0.25, 0.3) is 21.2 Å². The number of thiophene rings is 1. The lowest BCUT2D eigenvalue weighted by Gasteiger charge is -2.07. The number of nitrogens with one attached hydrogen (secondary N) is 1. The third kappa shape index (κ3) is 4.82. The highest BCUT2D eigenvalue weighted by Gasteiger charge is 2.12. The number of rotatable bonds is 7. The van der Waals surface area contributed by atoms with Crippen LogP contribution >= 0.6 is 11.3 Å². The summed E-state index contributed by atoms with van der Waals surface area (Å²) in [5.74, 6) is -0.909. The van der Waals surface area contributed by atoms with Crippen molar-refractivity contribution in [1.29, 1.82) is 0 Å². The molecule has 4 N–H and O–H groups in total. The third-order valence-corrected chi connectivity index (χ3v) is 6.19. The largest absolute Gasteiger partial charge is 0.392 e. The topological polar surface area (TPSA) is 92.4 Å². The standard InChI is InChI=1S/C25H22N2O3S/c26-23(29)14-27-25(30)20-8-2-6-18(12-20)22-9-3-7-19-13-21(31-24(19)22)11-16-4-1-5-17(10-16)15-28/h1-10,12-13,28H,11,14-15H2,(H2,26,29)(H,27,30). The fourth-order valence-electron chi connectivity index (χ4n) is 3.57. The quantitative estimate of drug-likeness (QED) is 0.416. The fraction of sp³-hybridized carbons (Fsp3) is 0.120. The molecule has 1 aromatic heterocycles. The van der Waals surface area contributed by atoms with E-state index in [-0.39, 0.29) is 19.1 Å². The molecule has 3 aromatic carbocycles. The first-order chi connectivity index (χ1) is 15.0. The number of primary amides is 1. The van der Waals surface area contributed by atoms with Gasteiger partial charge < -0.3 is 16.2 Å². The number of nitrogens with two attached hydrogens (primary N) is 1. The first-order valence-electron chi connectivity index (χ1n) is 9.90. The van der Waals surface area contributed by atoms with E-state index in [2.05, 4.69) is 29.6 Å². The van der Waals surface area contributed by atoms with Crippen molar-refractivity contribution >= 4 is 33.2 Å². The summed E-state index contributed by atoms with van der Waals surface area (Å²) in [7, 11) is 0. The Labute approximate surface area is 184 Å². The molecule has 4 rings (SSSR count). The van der Waals surface area contributed by atoms with Crippen LogP contribution in [-0.2, 0) is 17.8 Å². The van der Waals surface area contributed by atoms with Gasteiger partial charge in [0, 0.05) is 21.6 Å². The second-order valence-electron chi connectivity index (χ2n) is 7.32. The number of aliphatic hydroxyl groups is 1. The zero-order valence-corrected chi connectivity index (χ0v) is 17.6. The Kier molecular flexibility index (Phi) is 6.11. The van der Waals surface area contributed by atoms with Crippen LogP contribution in [0.3, 0.4) is 0 Å². The van der Waals surface area contributed by atoms with E-state index >= 15 is 0 Å². The minimum Gasteiger partial charge on any atom is -0.392 e. The maximum Gasteiger partial charge on any atom is 0.251 e. The Morgan fingerprint density at radius 2 is 1.71 bits per heavy atom.